The number of aromatic nitrogens is 1. The number of carbonyl (C=O) groups is 1. The second kappa shape index (κ2) is 7.20. The Balaban J connectivity index is 1.68. The van der Waals surface area contributed by atoms with Crippen molar-refractivity contribution in [2.24, 2.45) is 0 Å². The summed E-state index contributed by atoms with van der Waals surface area (Å²) in [6.45, 7) is 9.73. The van der Waals surface area contributed by atoms with Crippen LogP contribution in [0.2, 0.25) is 5.02 Å². The van der Waals surface area contributed by atoms with Gasteiger partial charge in [-0.3, -0.25) is 0 Å². The number of fused-ring (bicyclic) bond motifs is 1. The highest BCUT2D eigenvalue weighted by Crippen LogP contribution is 2.37. The Morgan fingerprint density at radius 1 is 1.28 bits per heavy atom. The van der Waals surface area contributed by atoms with Gasteiger partial charge < -0.3 is 28.6 Å². The summed E-state index contributed by atoms with van der Waals surface area (Å²) < 4.78 is 20.4. The molecular weight excluding hydrogens is 394 g/mol. The molecule has 0 spiro atoms. The fraction of sp³-hybridized carbons (Fsp3) is 0.550. The first-order valence-corrected chi connectivity index (χ1v) is 10.2. The predicted octanol–water partition coefficient (Wildman–Crippen LogP) is 2.97. The Kier molecular flexibility index (Phi) is 5.10. The average Bonchev–Trinajstić information content (AvgIpc) is 3.12. The molecule has 1 aromatic heterocycles. The molecule has 2 aliphatic rings. The normalized spacial score (nSPS) is 23.7. The first kappa shape index (κ1) is 20.5. The van der Waals surface area contributed by atoms with Crippen molar-refractivity contribution in [3.63, 3.8) is 0 Å². The topological polar surface area (TPSA) is 73.2 Å². The van der Waals surface area contributed by atoms with E-state index in [1.54, 1.807) is 0 Å². The molecule has 2 aromatic rings. The van der Waals surface area contributed by atoms with Gasteiger partial charge in [-0.25, -0.2) is 4.79 Å². The number of ether oxygens (including phenoxy) is 1. The van der Waals surface area contributed by atoms with Crippen LogP contribution in [0.4, 0.5) is 4.79 Å². The Morgan fingerprint density at radius 3 is 2.62 bits per heavy atom. The number of morpholine rings is 1. The van der Waals surface area contributed by atoms with E-state index in [0.717, 1.165) is 16.4 Å². The molecule has 1 amide bonds. The SMILES string of the molecule is CC1(C)OB(c2cc(Cl)cc3ccn(C[C@@H]4CN(C(=O)O)CCO4)c23)OC1(C)C. The van der Waals surface area contributed by atoms with E-state index in [0.29, 0.717) is 31.3 Å². The second-order valence-electron chi connectivity index (χ2n) is 8.71. The van der Waals surface area contributed by atoms with Crippen LogP contribution in [0.3, 0.4) is 0 Å². The molecule has 4 rings (SSSR count). The molecule has 156 valence electrons. The molecule has 2 aliphatic heterocycles. The molecule has 1 atom stereocenters. The van der Waals surface area contributed by atoms with E-state index in [1.807, 2.05) is 52.1 Å². The zero-order valence-electron chi connectivity index (χ0n) is 17.1. The summed E-state index contributed by atoms with van der Waals surface area (Å²) in [5.41, 5.74) is 0.905. The zero-order chi connectivity index (χ0) is 21.0. The van der Waals surface area contributed by atoms with Gasteiger partial charge in [0.2, 0.25) is 0 Å². The summed E-state index contributed by atoms with van der Waals surface area (Å²) in [6.07, 6.45) is 0.830. The summed E-state index contributed by atoms with van der Waals surface area (Å²) in [7, 11) is -0.544. The molecule has 2 saturated heterocycles. The molecule has 9 heteroatoms. The Bertz CT molecular complexity index is 928. The van der Waals surface area contributed by atoms with Crippen molar-refractivity contribution in [1.29, 1.82) is 0 Å². The van der Waals surface area contributed by atoms with Gasteiger partial charge in [0, 0.05) is 34.1 Å². The minimum absolute atomic E-state index is 0.225. The average molecular weight is 421 g/mol. The summed E-state index contributed by atoms with van der Waals surface area (Å²) in [5, 5.41) is 10.9. The van der Waals surface area contributed by atoms with Gasteiger partial charge >= 0.3 is 13.2 Å². The molecule has 0 unspecified atom stereocenters. The van der Waals surface area contributed by atoms with Crippen molar-refractivity contribution in [3.05, 3.63) is 29.4 Å². The van der Waals surface area contributed by atoms with Gasteiger partial charge in [0.25, 0.3) is 0 Å². The Hall–Kier alpha value is -1.74. The fourth-order valence-corrected chi connectivity index (χ4v) is 4.11. The van der Waals surface area contributed by atoms with E-state index in [2.05, 4.69) is 4.57 Å². The lowest BCUT2D eigenvalue weighted by molar-refractivity contribution is -0.0287. The largest absolute Gasteiger partial charge is 0.497 e. The number of benzene rings is 1. The number of nitrogens with zero attached hydrogens (tertiary/aromatic N) is 2. The Morgan fingerprint density at radius 2 is 1.97 bits per heavy atom. The highest BCUT2D eigenvalue weighted by molar-refractivity contribution is 6.65. The summed E-state index contributed by atoms with van der Waals surface area (Å²) in [5.74, 6) is 0. The maximum atomic E-state index is 11.3. The molecule has 0 radical (unpaired) electrons. The van der Waals surface area contributed by atoms with Crippen LogP contribution in [0.1, 0.15) is 27.7 Å². The fourth-order valence-electron chi connectivity index (χ4n) is 3.87. The van der Waals surface area contributed by atoms with Crippen LogP contribution in [0.5, 0.6) is 0 Å². The number of amides is 1. The third-order valence-corrected chi connectivity index (χ3v) is 6.39. The lowest BCUT2D eigenvalue weighted by Crippen LogP contribution is -2.46. The molecule has 7 nitrogen and oxygen atoms in total. The van der Waals surface area contributed by atoms with E-state index in [9.17, 15) is 9.90 Å². The number of halogens is 1. The van der Waals surface area contributed by atoms with Crippen LogP contribution in [-0.2, 0) is 20.6 Å². The smallest absolute Gasteiger partial charge is 0.465 e. The molecule has 0 bridgehead atoms. The van der Waals surface area contributed by atoms with Crippen molar-refractivity contribution < 1.29 is 23.9 Å². The second-order valence-corrected chi connectivity index (χ2v) is 9.15. The molecule has 2 fully saturated rings. The van der Waals surface area contributed by atoms with Gasteiger partial charge in [0.05, 0.1) is 37.0 Å². The highest BCUT2D eigenvalue weighted by atomic mass is 35.5. The molecule has 0 aliphatic carbocycles. The summed E-state index contributed by atoms with van der Waals surface area (Å²) in [4.78, 5) is 12.7. The van der Waals surface area contributed by atoms with Crippen LogP contribution >= 0.6 is 11.6 Å². The van der Waals surface area contributed by atoms with Crippen LogP contribution in [0.25, 0.3) is 10.9 Å². The highest BCUT2D eigenvalue weighted by Gasteiger charge is 2.52. The quantitative estimate of drug-likeness (QED) is 0.773. The molecule has 1 aromatic carbocycles. The standard InChI is InChI=1S/C20H26BClN2O5/c1-19(2)20(3,4)29-21(28-19)16-10-14(22)9-13-5-6-23(17(13)16)11-15-12-24(18(25)26)7-8-27-15/h5-6,9-10,15H,7-8,11-12H2,1-4H3,(H,25,26)/t15-/m1/s1. The number of hydrogen-bond donors (Lipinski definition) is 1. The van der Waals surface area contributed by atoms with Crippen molar-refractivity contribution in [3.8, 4) is 0 Å². The van der Waals surface area contributed by atoms with E-state index < -0.39 is 24.4 Å². The minimum Gasteiger partial charge on any atom is -0.465 e. The van der Waals surface area contributed by atoms with Gasteiger partial charge in [-0.2, -0.15) is 0 Å². The lowest BCUT2D eigenvalue weighted by Gasteiger charge is -2.32. The van der Waals surface area contributed by atoms with Crippen LogP contribution in [0, 0.1) is 0 Å². The van der Waals surface area contributed by atoms with Crippen LogP contribution in [-0.4, -0.2) is 64.8 Å². The van der Waals surface area contributed by atoms with Crippen molar-refractivity contribution in [1.82, 2.24) is 9.47 Å². The minimum atomic E-state index is -0.916. The maximum absolute atomic E-state index is 11.3. The summed E-state index contributed by atoms with van der Waals surface area (Å²) in [6, 6.07) is 5.79. The van der Waals surface area contributed by atoms with Crippen molar-refractivity contribution in [2.45, 2.75) is 51.5 Å². The van der Waals surface area contributed by atoms with Crippen LogP contribution in [0.15, 0.2) is 24.4 Å². The van der Waals surface area contributed by atoms with Crippen molar-refractivity contribution in [2.75, 3.05) is 19.7 Å². The van der Waals surface area contributed by atoms with Gasteiger partial charge in [0.1, 0.15) is 0 Å². The van der Waals surface area contributed by atoms with E-state index in [-0.39, 0.29) is 6.10 Å². The monoisotopic (exact) mass is 420 g/mol. The predicted molar refractivity (Wildman–Crippen MR) is 112 cm³/mol. The first-order chi connectivity index (χ1) is 13.6. The maximum Gasteiger partial charge on any atom is 0.497 e. The van der Waals surface area contributed by atoms with E-state index >= 15 is 0 Å². The molecule has 1 N–H and O–H groups in total. The van der Waals surface area contributed by atoms with Gasteiger partial charge in [-0.1, -0.05) is 11.6 Å². The van der Waals surface area contributed by atoms with Gasteiger partial charge in [0.15, 0.2) is 0 Å². The molecule has 3 heterocycles. The lowest BCUT2D eigenvalue weighted by atomic mass is 9.78. The van der Waals surface area contributed by atoms with Gasteiger partial charge in [-0.15, -0.1) is 0 Å². The van der Waals surface area contributed by atoms with Crippen LogP contribution < -0.4 is 5.46 Å². The first-order valence-electron chi connectivity index (χ1n) is 9.81. The third-order valence-electron chi connectivity index (χ3n) is 6.17. The van der Waals surface area contributed by atoms with Crippen molar-refractivity contribution >= 4 is 41.2 Å². The summed E-state index contributed by atoms with van der Waals surface area (Å²) >= 11 is 6.38. The number of carboxylic acid groups (broad SMARTS) is 1. The van der Waals surface area contributed by atoms with E-state index in [4.69, 9.17) is 25.6 Å². The molecule has 0 saturated carbocycles. The Labute approximate surface area is 175 Å². The van der Waals surface area contributed by atoms with E-state index in [1.165, 1.54) is 4.90 Å². The number of rotatable bonds is 3. The third kappa shape index (κ3) is 3.74. The zero-order valence-corrected chi connectivity index (χ0v) is 17.9. The molecule has 29 heavy (non-hydrogen) atoms. The molecular formula is C20H26BClN2O5. The van der Waals surface area contributed by atoms with Gasteiger partial charge in [-0.05, 0) is 45.9 Å². The number of hydrogen-bond acceptors (Lipinski definition) is 4.